The van der Waals surface area contributed by atoms with Crippen molar-refractivity contribution in [2.75, 3.05) is 6.61 Å². The Kier molecular flexibility index (Phi) is 8.51. The summed E-state index contributed by atoms with van der Waals surface area (Å²) in [6.45, 7) is 17.2. The van der Waals surface area contributed by atoms with Crippen LogP contribution in [0.25, 0.3) is 0 Å². The molecule has 0 saturated carbocycles. The summed E-state index contributed by atoms with van der Waals surface area (Å²) in [6, 6.07) is 10.5. The van der Waals surface area contributed by atoms with E-state index in [4.69, 9.17) is 9.16 Å². The molecule has 0 spiro atoms. The third-order valence-electron chi connectivity index (χ3n) is 5.98. The Hall–Kier alpha value is -0.713. The van der Waals surface area contributed by atoms with E-state index in [1.165, 1.54) is 4.90 Å². The lowest BCUT2D eigenvalue weighted by Gasteiger charge is -2.42. The lowest BCUT2D eigenvalue weighted by Crippen LogP contribution is -2.48. The molecular weight excluding hydrogens is 368 g/mol. The summed E-state index contributed by atoms with van der Waals surface area (Å²) in [6.07, 6.45) is 4.56. The van der Waals surface area contributed by atoms with Crippen molar-refractivity contribution < 1.29 is 9.16 Å². The van der Waals surface area contributed by atoms with Gasteiger partial charge in [0.25, 0.3) is 0 Å². The first kappa shape index (κ1) is 22.6. The fourth-order valence-electron chi connectivity index (χ4n) is 4.61. The Labute approximate surface area is 172 Å². The molecule has 0 saturated heterocycles. The Balaban J connectivity index is 1.95. The first-order valence-corrected chi connectivity index (χ1v) is 13.5. The van der Waals surface area contributed by atoms with Gasteiger partial charge in [-0.3, -0.25) is 0 Å². The van der Waals surface area contributed by atoms with Gasteiger partial charge in [-0.1, -0.05) is 78.4 Å². The van der Waals surface area contributed by atoms with Crippen LogP contribution in [0.2, 0.25) is 16.6 Å². The average molecular weight is 407 g/mol. The number of hydrogen-bond acceptors (Lipinski definition) is 3. The molecule has 1 aliphatic rings. The summed E-state index contributed by atoms with van der Waals surface area (Å²) < 4.78 is 13.1. The van der Waals surface area contributed by atoms with Crippen LogP contribution in [0.3, 0.4) is 0 Å². The maximum absolute atomic E-state index is 6.75. The van der Waals surface area contributed by atoms with Crippen molar-refractivity contribution in [1.29, 1.82) is 0 Å². The van der Waals surface area contributed by atoms with Crippen LogP contribution in [0.15, 0.2) is 46.4 Å². The third kappa shape index (κ3) is 5.64. The van der Waals surface area contributed by atoms with Gasteiger partial charge in [-0.25, -0.2) is 0 Å². The molecule has 0 aliphatic carbocycles. The Bertz CT molecular complexity index is 576. The van der Waals surface area contributed by atoms with E-state index in [-0.39, 0.29) is 6.10 Å². The van der Waals surface area contributed by atoms with Gasteiger partial charge >= 0.3 is 0 Å². The Morgan fingerprint density at radius 2 is 1.63 bits per heavy atom. The second-order valence-electron chi connectivity index (χ2n) is 8.76. The molecule has 0 N–H and O–H groups in total. The van der Waals surface area contributed by atoms with E-state index >= 15 is 0 Å². The van der Waals surface area contributed by atoms with E-state index in [9.17, 15) is 0 Å². The molecule has 0 unspecified atom stereocenters. The fourth-order valence-corrected chi connectivity index (χ4v) is 11.0. The lowest BCUT2D eigenvalue weighted by atomic mass is 9.97. The number of benzene rings is 1. The smallest absolute Gasteiger partial charge is 0.200 e. The molecule has 1 heterocycles. The quantitative estimate of drug-likeness (QED) is 0.393. The van der Waals surface area contributed by atoms with Crippen LogP contribution in [0, 0.1) is 5.92 Å². The zero-order chi connectivity index (χ0) is 20.0. The third-order valence-corrected chi connectivity index (χ3v) is 13.1. The first-order chi connectivity index (χ1) is 12.8. The van der Waals surface area contributed by atoms with Crippen LogP contribution >= 0.6 is 11.8 Å². The molecule has 2 rings (SSSR count). The highest BCUT2D eigenvalue weighted by Crippen LogP contribution is 2.42. The summed E-state index contributed by atoms with van der Waals surface area (Å²) in [4.78, 5) is 1.24. The second-order valence-corrected chi connectivity index (χ2v) is 15.3. The molecule has 1 aromatic carbocycles. The topological polar surface area (TPSA) is 18.5 Å². The highest BCUT2D eigenvalue weighted by Gasteiger charge is 2.45. The molecule has 27 heavy (non-hydrogen) atoms. The molecule has 0 amide bonds. The zero-order valence-electron chi connectivity index (χ0n) is 18.2. The number of ether oxygens (including phenoxy) is 1. The van der Waals surface area contributed by atoms with E-state index in [2.05, 4.69) is 84.9 Å². The SMILES string of the molecule is CC(C)[Si](OCC[C@H]1OC(Sc2ccccc2)=CC[C@@H]1C)(C(C)C)C(C)C. The number of allylic oxidation sites excluding steroid dienone is 1. The highest BCUT2D eigenvalue weighted by atomic mass is 32.2. The molecule has 2 nitrogen and oxygen atoms in total. The number of hydrogen-bond donors (Lipinski definition) is 0. The molecule has 4 heteroatoms. The van der Waals surface area contributed by atoms with Gasteiger partial charge in [0.05, 0.1) is 0 Å². The average Bonchev–Trinajstić information content (AvgIpc) is 2.61. The normalized spacial score (nSPS) is 20.9. The summed E-state index contributed by atoms with van der Waals surface area (Å²) in [5, 5.41) is 1.05. The standard InChI is InChI=1S/C23H38O2SSi/c1-17(2)27(18(3)4,19(5)6)24-16-15-22-20(7)13-14-23(25-22)26-21-11-9-8-10-12-21/h8-12,14,17-20,22H,13,15-16H2,1-7H3/t20-,22+/m0/s1. The fraction of sp³-hybridized carbons (Fsp3) is 0.652. The van der Waals surface area contributed by atoms with Crippen molar-refractivity contribution in [3.05, 3.63) is 41.5 Å². The van der Waals surface area contributed by atoms with Gasteiger partial charge in [0, 0.05) is 17.9 Å². The van der Waals surface area contributed by atoms with E-state index in [1.54, 1.807) is 11.8 Å². The first-order valence-electron chi connectivity index (χ1n) is 10.5. The summed E-state index contributed by atoms with van der Waals surface area (Å²) in [5.41, 5.74) is 1.89. The van der Waals surface area contributed by atoms with Gasteiger partial charge in [0.15, 0.2) is 13.4 Å². The number of thioether (sulfide) groups is 1. The minimum atomic E-state index is -1.79. The molecule has 0 radical (unpaired) electrons. The van der Waals surface area contributed by atoms with Crippen LogP contribution in [-0.4, -0.2) is 21.0 Å². The van der Waals surface area contributed by atoms with Crippen molar-refractivity contribution in [2.45, 2.75) is 88.9 Å². The van der Waals surface area contributed by atoms with E-state index in [0.29, 0.717) is 22.5 Å². The maximum Gasteiger partial charge on any atom is 0.200 e. The summed E-state index contributed by atoms with van der Waals surface area (Å²) in [7, 11) is -1.79. The minimum absolute atomic E-state index is 0.249. The molecule has 2 atom stereocenters. The van der Waals surface area contributed by atoms with Crippen LogP contribution in [0.1, 0.15) is 61.3 Å². The predicted molar refractivity (Wildman–Crippen MR) is 121 cm³/mol. The van der Waals surface area contributed by atoms with Gasteiger partial charge in [-0.2, -0.15) is 0 Å². The largest absolute Gasteiger partial charge is 0.484 e. The molecule has 0 fully saturated rings. The van der Waals surface area contributed by atoms with Gasteiger partial charge in [-0.15, -0.1) is 0 Å². The van der Waals surface area contributed by atoms with Crippen LogP contribution in [-0.2, 0) is 9.16 Å². The molecular formula is C23H38O2SSi. The van der Waals surface area contributed by atoms with Gasteiger partial charge in [0.2, 0.25) is 0 Å². The molecule has 1 aliphatic heterocycles. The highest BCUT2D eigenvalue weighted by molar-refractivity contribution is 8.02. The van der Waals surface area contributed by atoms with Crippen molar-refractivity contribution in [3.63, 3.8) is 0 Å². The van der Waals surface area contributed by atoms with E-state index in [0.717, 1.165) is 24.5 Å². The Morgan fingerprint density at radius 1 is 1.04 bits per heavy atom. The van der Waals surface area contributed by atoms with Crippen LogP contribution in [0.5, 0.6) is 0 Å². The summed E-state index contributed by atoms with van der Waals surface area (Å²) >= 11 is 1.73. The van der Waals surface area contributed by atoms with Crippen LogP contribution < -0.4 is 0 Å². The molecule has 1 aromatic rings. The van der Waals surface area contributed by atoms with Crippen LogP contribution in [0.4, 0.5) is 0 Å². The van der Waals surface area contributed by atoms with E-state index in [1.807, 2.05) is 0 Å². The summed E-state index contributed by atoms with van der Waals surface area (Å²) in [5.74, 6) is 0.543. The zero-order valence-corrected chi connectivity index (χ0v) is 20.0. The van der Waals surface area contributed by atoms with Crippen molar-refractivity contribution >= 4 is 20.1 Å². The Morgan fingerprint density at radius 3 is 2.19 bits per heavy atom. The molecule has 0 aromatic heterocycles. The molecule has 152 valence electrons. The predicted octanol–water partition coefficient (Wildman–Crippen LogP) is 7.63. The van der Waals surface area contributed by atoms with Crippen molar-refractivity contribution in [3.8, 4) is 0 Å². The van der Waals surface area contributed by atoms with Crippen molar-refractivity contribution in [2.24, 2.45) is 5.92 Å². The van der Waals surface area contributed by atoms with Gasteiger partial charge in [0.1, 0.15) is 6.10 Å². The van der Waals surface area contributed by atoms with Gasteiger partial charge in [-0.05, 0) is 47.2 Å². The minimum Gasteiger partial charge on any atom is -0.484 e. The molecule has 0 bridgehead atoms. The van der Waals surface area contributed by atoms with Crippen molar-refractivity contribution in [1.82, 2.24) is 0 Å². The lowest BCUT2D eigenvalue weighted by molar-refractivity contribution is 0.0512. The maximum atomic E-state index is 6.75. The van der Waals surface area contributed by atoms with Gasteiger partial charge < -0.3 is 9.16 Å². The monoisotopic (exact) mass is 406 g/mol. The second kappa shape index (κ2) is 10.2. The van der Waals surface area contributed by atoms with E-state index < -0.39 is 8.32 Å². The number of rotatable bonds is 9.